The normalized spacial score (nSPS) is 12.2. The van der Waals surface area contributed by atoms with Crippen molar-refractivity contribution in [1.82, 2.24) is 0 Å². The van der Waals surface area contributed by atoms with Gasteiger partial charge in [0.1, 0.15) is 6.42 Å². The summed E-state index contributed by atoms with van der Waals surface area (Å²) < 4.78 is 10.6. The predicted octanol–water partition coefficient (Wildman–Crippen LogP) is 2.74. The molecule has 106 valence electrons. The molecule has 1 N–H and O–H groups in total. The fraction of sp³-hybridized carbons (Fsp3) is 0.125. The first kappa shape index (κ1) is 13.2. The number of benzene rings is 2. The van der Waals surface area contributed by atoms with Crippen LogP contribution in [0.2, 0.25) is 0 Å². The largest absolute Gasteiger partial charge is 0.481 e. The maximum Gasteiger partial charge on any atom is 0.311 e. The van der Waals surface area contributed by atoms with Crippen molar-refractivity contribution >= 4 is 11.8 Å². The highest BCUT2D eigenvalue weighted by molar-refractivity contribution is 6.05. The van der Waals surface area contributed by atoms with Crippen LogP contribution in [0.5, 0.6) is 11.5 Å². The molecule has 0 amide bonds. The average molecular weight is 284 g/mol. The first-order chi connectivity index (χ1) is 10.1. The molecule has 0 spiro atoms. The van der Waals surface area contributed by atoms with E-state index in [1.165, 1.54) is 0 Å². The van der Waals surface area contributed by atoms with Crippen LogP contribution in [0, 0.1) is 0 Å². The highest BCUT2D eigenvalue weighted by Crippen LogP contribution is 2.35. The van der Waals surface area contributed by atoms with E-state index in [2.05, 4.69) is 0 Å². The van der Waals surface area contributed by atoms with E-state index >= 15 is 0 Å². The number of ketones is 1. The summed E-state index contributed by atoms with van der Waals surface area (Å²) in [5.74, 6) is -0.120. The third kappa shape index (κ3) is 2.72. The topological polar surface area (TPSA) is 72.8 Å². The Morgan fingerprint density at radius 1 is 0.952 bits per heavy atom. The number of carboxylic acid groups (broad SMARTS) is 1. The van der Waals surface area contributed by atoms with Crippen LogP contribution in [0.4, 0.5) is 0 Å². The molecule has 3 rings (SSSR count). The monoisotopic (exact) mass is 284 g/mol. The summed E-state index contributed by atoms with van der Waals surface area (Å²) in [6, 6.07) is 12.4. The molecule has 0 saturated heterocycles. The van der Waals surface area contributed by atoms with E-state index in [1.54, 1.807) is 24.3 Å². The maximum absolute atomic E-state index is 11.6. The Morgan fingerprint density at radius 3 is 2.33 bits per heavy atom. The number of hydrogen-bond donors (Lipinski definition) is 1. The lowest BCUT2D eigenvalue weighted by Crippen LogP contribution is -2.06. The highest BCUT2D eigenvalue weighted by atomic mass is 16.7. The van der Waals surface area contributed by atoms with Crippen molar-refractivity contribution in [2.24, 2.45) is 0 Å². The molecule has 21 heavy (non-hydrogen) atoms. The Bertz CT molecular complexity index is 703. The number of fused-ring (bicyclic) bond motifs is 1. The summed E-state index contributed by atoms with van der Waals surface area (Å²) in [6.45, 7) is 0.224. The molecule has 5 nitrogen and oxygen atoms in total. The molecule has 5 heteroatoms. The van der Waals surface area contributed by atoms with E-state index in [9.17, 15) is 9.59 Å². The molecule has 0 unspecified atom stereocenters. The van der Waals surface area contributed by atoms with Crippen LogP contribution in [-0.2, 0) is 4.79 Å². The molecule has 0 atom stereocenters. The summed E-state index contributed by atoms with van der Waals surface area (Å²) in [4.78, 5) is 22.2. The SMILES string of the molecule is O=C(O)CC(=O)c1ccc(-c2ccc3c(c2)OCO3)cc1. The van der Waals surface area contributed by atoms with E-state index in [1.807, 2.05) is 18.2 Å². The number of carbonyl (C=O) groups excluding carboxylic acids is 1. The summed E-state index contributed by atoms with van der Waals surface area (Å²) in [5, 5.41) is 8.62. The van der Waals surface area contributed by atoms with Gasteiger partial charge < -0.3 is 14.6 Å². The van der Waals surface area contributed by atoms with Gasteiger partial charge in [-0.1, -0.05) is 30.3 Å². The van der Waals surface area contributed by atoms with Crippen LogP contribution < -0.4 is 9.47 Å². The molecule has 1 aliphatic rings. The lowest BCUT2D eigenvalue weighted by atomic mass is 10.0. The minimum atomic E-state index is -1.13. The van der Waals surface area contributed by atoms with Crippen molar-refractivity contribution in [2.75, 3.05) is 6.79 Å². The zero-order valence-electron chi connectivity index (χ0n) is 11.0. The second kappa shape index (κ2) is 5.28. The third-order valence-corrected chi connectivity index (χ3v) is 3.22. The number of carboxylic acids is 1. The fourth-order valence-electron chi connectivity index (χ4n) is 2.16. The summed E-state index contributed by atoms with van der Waals surface area (Å²) >= 11 is 0. The second-order valence-electron chi connectivity index (χ2n) is 4.64. The van der Waals surface area contributed by atoms with E-state index in [-0.39, 0.29) is 6.79 Å². The minimum absolute atomic E-state index is 0.224. The van der Waals surface area contributed by atoms with Gasteiger partial charge in [0, 0.05) is 5.56 Å². The summed E-state index contributed by atoms with van der Waals surface area (Å²) in [6.07, 6.45) is -0.497. The lowest BCUT2D eigenvalue weighted by molar-refractivity contribution is -0.135. The highest BCUT2D eigenvalue weighted by Gasteiger charge is 2.14. The molecule has 1 aliphatic heterocycles. The van der Waals surface area contributed by atoms with Crippen LogP contribution in [0.1, 0.15) is 16.8 Å². The number of ether oxygens (including phenoxy) is 2. The van der Waals surface area contributed by atoms with Crippen molar-refractivity contribution in [3.05, 3.63) is 48.0 Å². The van der Waals surface area contributed by atoms with E-state index in [0.717, 1.165) is 11.1 Å². The second-order valence-corrected chi connectivity index (χ2v) is 4.64. The van der Waals surface area contributed by atoms with Gasteiger partial charge in [-0.05, 0) is 23.3 Å². The van der Waals surface area contributed by atoms with Crippen LogP contribution in [0.25, 0.3) is 11.1 Å². The lowest BCUT2D eigenvalue weighted by Gasteiger charge is -2.05. The Hall–Kier alpha value is -2.82. The van der Waals surface area contributed by atoms with Crippen molar-refractivity contribution in [1.29, 1.82) is 0 Å². The minimum Gasteiger partial charge on any atom is -0.481 e. The summed E-state index contributed by atoms with van der Waals surface area (Å²) in [5.41, 5.74) is 2.25. The first-order valence-corrected chi connectivity index (χ1v) is 6.38. The molecule has 0 fully saturated rings. The van der Waals surface area contributed by atoms with Gasteiger partial charge in [-0.15, -0.1) is 0 Å². The molecule has 0 saturated carbocycles. The van der Waals surface area contributed by atoms with Gasteiger partial charge in [0.05, 0.1) is 0 Å². The van der Waals surface area contributed by atoms with Gasteiger partial charge in [-0.25, -0.2) is 0 Å². The zero-order valence-corrected chi connectivity index (χ0v) is 11.0. The van der Waals surface area contributed by atoms with E-state index in [0.29, 0.717) is 17.1 Å². The number of rotatable bonds is 4. The van der Waals surface area contributed by atoms with Crippen LogP contribution in [0.3, 0.4) is 0 Å². The fourth-order valence-corrected chi connectivity index (χ4v) is 2.16. The first-order valence-electron chi connectivity index (χ1n) is 6.38. The molecular formula is C16H12O5. The average Bonchev–Trinajstić information content (AvgIpc) is 2.94. The number of Topliss-reactive ketones (excluding diaryl/α,β-unsaturated/α-hetero) is 1. The van der Waals surface area contributed by atoms with Gasteiger partial charge >= 0.3 is 5.97 Å². The molecule has 0 aromatic heterocycles. The molecule has 2 aromatic rings. The number of aliphatic carboxylic acids is 1. The van der Waals surface area contributed by atoms with Gasteiger partial charge in [0.25, 0.3) is 0 Å². The smallest absolute Gasteiger partial charge is 0.311 e. The zero-order chi connectivity index (χ0) is 14.8. The van der Waals surface area contributed by atoms with Crippen LogP contribution >= 0.6 is 0 Å². The molecule has 0 bridgehead atoms. The Labute approximate surface area is 120 Å². The van der Waals surface area contributed by atoms with Gasteiger partial charge in [0.2, 0.25) is 6.79 Å². The molecule has 2 aromatic carbocycles. The molecular weight excluding hydrogens is 272 g/mol. The van der Waals surface area contributed by atoms with Crippen molar-refractivity contribution in [3.8, 4) is 22.6 Å². The number of carbonyl (C=O) groups is 2. The maximum atomic E-state index is 11.6. The third-order valence-electron chi connectivity index (χ3n) is 3.22. The molecule has 0 radical (unpaired) electrons. The van der Waals surface area contributed by atoms with Crippen molar-refractivity contribution < 1.29 is 24.2 Å². The Kier molecular flexibility index (Phi) is 3.31. The molecule has 0 aliphatic carbocycles. The van der Waals surface area contributed by atoms with Gasteiger partial charge in [-0.2, -0.15) is 0 Å². The standard InChI is InChI=1S/C16H12O5/c17-13(8-16(18)19)11-3-1-10(2-4-11)12-5-6-14-15(7-12)21-9-20-14/h1-7H,8-9H2,(H,18,19). The predicted molar refractivity (Wildman–Crippen MR) is 74.6 cm³/mol. The Balaban J connectivity index is 1.84. The number of hydrogen-bond acceptors (Lipinski definition) is 4. The van der Waals surface area contributed by atoms with Crippen molar-refractivity contribution in [2.45, 2.75) is 6.42 Å². The van der Waals surface area contributed by atoms with E-state index < -0.39 is 18.2 Å². The van der Waals surface area contributed by atoms with Gasteiger partial charge in [-0.3, -0.25) is 9.59 Å². The van der Waals surface area contributed by atoms with E-state index in [4.69, 9.17) is 14.6 Å². The quantitative estimate of drug-likeness (QED) is 0.690. The Morgan fingerprint density at radius 2 is 1.62 bits per heavy atom. The summed E-state index contributed by atoms with van der Waals surface area (Å²) in [7, 11) is 0. The van der Waals surface area contributed by atoms with Gasteiger partial charge in [0.15, 0.2) is 17.3 Å². The molecule has 1 heterocycles. The van der Waals surface area contributed by atoms with Crippen molar-refractivity contribution in [3.63, 3.8) is 0 Å². The van der Waals surface area contributed by atoms with Crippen LogP contribution in [0.15, 0.2) is 42.5 Å². The van der Waals surface area contributed by atoms with Crippen LogP contribution in [-0.4, -0.2) is 23.7 Å².